The molecule has 0 aromatic rings. The fourth-order valence-corrected chi connectivity index (χ4v) is 7.20. The molecule has 376 valence electrons. The first-order valence-electron chi connectivity index (χ1n) is 26.3. The average Bonchev–Trinajstić information content (AvgIpc) is 3.28. The van der Waals surface area contributed by atoms with Gasteiger partial charge in [0.2, 0.25) is 0 Å². The van der Waals surface area contributed by atoms with Gasteiger partial charge in [-0.15, -0.1) is 0 Å². The summed E-state index contributed by atoms with van der Waals surface area (Å²) >= 11 is 0. The zero-order valence-electron chi connectivity index (χ0n) is 42.9. The van der Waals surface area contributed by atoms with Crippen molar-refractivity contribution in [2.45, 2.75) is 212 Å². The molecule has 2 unspecified atom stereocenters. The summed E-state index contributed by atoms with van der Waals surface area (Å²) in [7, 11) is 5.52. The van der Waals surface area contributed by atoms with E-state index in [2.05, 4.69) is 111 Å². The Morgan fingerprint density at radius 1 is 0.485 bits per heavy atom. The third kappa shape index (κ3) is 45.4. The minimum Gasteiger partial charge on any atom is -0.477 e. The molecule has 66 heavy (non-hydrogen) atoms. The van der Waals surface area contributed by atoms with Gasteiger partial charge in [-0.2, -0.15) is 0 Å². The molecule has 1 N–H and O–H groups in total. The maximum Gasteiger partial charge on any atom is 0.362 e. The van der Waals surface area contributed by atoms with Gasteiger partial charge in [-0.1, -0.05) is 188 Å². The van der Waals surface area contributed by atoms with Crippen LogP contribution in [0.2, 0.25) is 0 Å². The van der Waals surface area contributed by atoms with E-state index in [4.69, 9.17) is 14.2 Å². The Morgan fingerprint density at radius 3 is 1.36 bits per heavy atom. The lowest BCUT2D eigenvalue weighted by atomic mass is 10.1. The van der Waals surface area contributed by atoms with Crippen LogP contribution in [-0.2, 0) is 28.6 Å². The number of hydrogen-bond acceptors (Lipinski definition) is 6. The van der Waals surface area contributed by atoms with Crippen molar-refractivity contribution in [3.05, 3.63) is 97.2 Å². The fraction of sp³-hybridized carbons (Fsp3) is 0.672. The normalized spacial score (nSPS) is 13.7. The molecule has 0 fully saturated rings. The SMILES string of the molecule is CC/C=C/C/C=C/C/C=C/C/C=C/C/C=C/C/C=C/CCCCCC(=O)OC(COCCC(C(=O)O)[N+](C)(C)C)COC(=O)CCCCCCCCCCCC/C=C/C=C/CCCCCC. The molecule has 0 aliphatic rings. The summed E-state index contributed by atoms with van der Waals surface area (Å²) in [6, 6.07) is -0.628. The molecule has 0 rings (SSSR count). The van der Waals surface area contributed by atoms with Crippen molar-refractivity contribution in [3.8, 4) is 0 Å². The van der Waals surface area contributed by atoms with Crippen molar-refractivity contribution in [2.75, 3.05) is 41.0 Å². The van der Waals surface area contributed by atoms with Gasteiger partial charge in [0.05, 0.1) is 34.4 Å². The van der Waals surface area contributed by atoms with Crippen molar-refractivity contribution in [1.29, 1.82) is 0 Å². The summed E-state index contributed by atoms with van der Waals surface area (Å²) in [5.41, 5.74) is 0. The number of hydrogen-bond donors (Lipinski definition) is 1. The lowest BCUT2D eigenvalue weighted by Gasteiger charge is -2.31. The molecule has 0 aliphatic carbocycles. The Morgan fingerprint density at radius 2 is 0.894 bits per heavy atom. The van der Waals surface area contributed by atoms with Crippen LogP contribution in [0.3, 0.4) is 0 Å². The Kier molecular flexibility index (Phi) is 45.0. The molecule has 8 nitrogen and oxygen atoms in total. The Balaban J connectivity index is 4.33. The predicted octanol–water partition coefficient (Wildman–Crippen LogP) is 15.4. The van der Waals surface area contributed by atoms with E-state index in [-0.39, 0.29) is 42.7 Å². The number of carbonyl (C=O) groups is 3. The number of aliphatic carboxylic acids is 1. The van der Waals surface area contributed by atoms with Crippen LogP contribution in [-0.4, -0.2) is 80.6 Å². The van der Waals surface area contributed by atoms with Gasteiger partial charge in [-0.25, -0.2) is 4.79 Å². The van der Waals surface area contributed by atoms with E-state index in [9.17, 15) is 19.5 Å². The molecule has 0 aromatic carbocycles. The second-order valence-corrected chi connectivity index (χ2v) is 18.4. The lowest BCUT2D eigenvalue weighted by Crippen LogP contribution is -2.50. The van der Waals surface area contributed by atoms with E-state index < -0.39 is 18.1 Å². The maximum atomic E-state index is 12.8. The number of nitrogens with zero attached hydrogens (tertiary/aromatic N) is 1. The standard InChI is InChI=1S/C58H97NO7/c1-6-8-10-12-14-16-18-20-22-24-26-28-29-31-33-35-37-39-41-43-45-47-49-57(61)66-54(52-64-51-50-55(58(62)63)59(3,4)5)53-65-56(60)48-46-44-42-40-38-36-34-32-30-27-25-23-21-19-17-15-13-11-9-7-2/h8,10,14,16-17,19-23,26,28,31,33,37,39,54-55H,6-7,9,11-13,15,18,24-25,27,29-30,32,34-36,38,40-53H2,1-5H3/p+1/b10-8+,16-14+,19-17+,22-20+,23-21+,28-26+,33-31+,39-37+. The minimum absolute atomic E-state index is 0.0408. The van der Waals surface area contributed by atoms with Crippen LogP contribution in [0.1, 0.15) is 200 Å². The summed E-state index contributed by atoms with van der Waals surface area (Å²) in [5.74, 6) is -1.52. The van der Waals surface area contributed by atoms with E-state index in [1.165, 1.54) is 83.5 Å². The predicted molar refractivity (Wildman–Crippen MR) is 279 cm³/mol. The van der Waals surface area contributed by atoms with Crippen LogP contribution in [0.4, 0.5) is 0 Å². The highest BCUT2D eigenvalue weighted by Gasteiger charge is 2.31. The van der Waals surface area contributed by atoms with Crippen molar-refractivity contribution in [2.24, 2.45) is 0 Å². The van der Waals surface area contributed by atoms with Crippen LogP contribution in [0.25, 0.3) is 0 Å². The first-order chi connectivity index (χ1) is 32.1. The fourth-order valence-electron chi connectivity index (χ4n) is 7.20. The van der Waals surface area contributed by atoms with Crippen molar-refractivity contribution >= 4 is 17.9 Å². The van der Waals surface area contributed by atoms with Gasteiger partial charge >= 0.3 is 17.9 Å². The van der Waals surface area contributed by atoms with Gasteiger partial charge in [0.15, 0.2) is 12.1 Å². The summed E-state index contributed by atoms with van der Waals surface area (Å²) in [6.45, 7) is 4.57. The number of ether oxygens (including phenoxy) is 3. The van der Waals surface area contributed by atoms with E-state index in [1.807, 2.05) is 21.1 Å². The third-order valence-electron chi connectivity index (χ3n) is 11.2. The number of carbonyl (C=O) groups excluding carboxylic acids is 2. The first kappa shape index (κ1) is 62.2. The summed E-state index contributed by atoms with van der Waals surface area (Å²) < 4.78 is 17.3. The summed E-state index contributed by atoms with van der Waals surface area (Å²) in [5, 5.41) is 9.66. The van der Waals surface area contributed by atoms with Crippen molar-refractivity contribution in [1.82, 2.24) is 0 Å². The summed E-state index contributed by atoms with van der Waals surface area (Å²) in [4.78, 5) is 37.2. The van der Waals surface area contributed by atoms with E-state index >= 15 is 0 Å². The Hall–Kier alpha value is -3.75. The highest BCUT2D eigenvalue weighted by atomic mass is 16.6. The largest absolute Gasteiger partial charge is 0.477 e. The Labute approximate surface area is 405 Å². The van der Waals surface area contributed by atoms with Gasteiger partial charge in [0.25, 0.3) is 0 Å². The molecule has 2 atom stereocenters. The van der Waals surface area contributed by atoms with Gasteiger partial charge in [-0.05, 0) is 89.9 Å². The van der Waals surface area contributed by atoms with E-state index in [1.54, 1.807) is 0 Å². The van der Waals surface area contributed by atoms with Crippen LogP contribution >= 0.6 is 0 Å². The van der Waals surface area contributed by atoms with Crippen LogP contribution in [0.5, 0.6) is 0 Å². The van der Waals surface area contributed by atoms with Crippen molar-refractivity contribution < 1.29 is 38.2 Å². The van der Waals surface area contributed by atoms with Crippen molar-refractivity contribution in [3.63, 3.8) is 0 Å². The molecule has 0 aliphatic heterocycles. The second kappa shape index (κ2) is 47.7. The number of allylic oxidation sites excluding steroid dienone is 16. The molecule has 0 saturated carbocycles. The molecule has 0 radical (unpaired) electrons. The van der Waals surface area contributed by atoms with Crippen LogP contribution in [0.15, 0.2) is 97.2 Å². The number of unbranched alkanes of at least 4 members (excludes halogenated alkanes) is 17. The monoisotopic (exact) mass is 921 g/mol. The number of carboxylic acids is 1. The molecular weight excluding hydrogens is 823 g/mol. The zero-order chi connectivity index (χ0) is 48.4. The van der Waals surface area contributed by atoms with Crippen LogP contribution < -0.4 is 0 Å². The molecular formula is C58H98NO7+. The van der Waals surface area contributed by atoms with Crippen LogP contribution in [0, 0.1) is 0 Å². The molecule has 0 amide bonds. The maximum absolute atomic E-state index is 12.8. The molecule has 0 heterocycles. The van der Waals surface area contributed by atoms with E-state index in [0.29, 0.717) is 19.3 Å². The van der Waals surface area contributed by atoms with Gasteiger partial charge < -0.3 is 23.8 Å². The average molecular weight is 921 g/mol. The quantitative estimate of drug-likeness (QED) is 0.0213. The number of esters is 2. The van der Waals surface area contributed by atoms with Gasteiger partial charge in [0.1, 0.15) is 6.61 Å². The zero-order valence-corrected chi connectivity index (χ0v) is 42.9. The number of likely N-dealkylation sites (N-methyl/N-ethyl adjacent to an activating group) is 1. The molecule has 0 spiro atoms. The lowest BCUT2D eigenvalue weighted by molar-refractivity contribution is -0.887. The highest BCUT2D eigenvalue weighted by molar-refractivity contribution is 5.72. The molecule has 0 aromatic heterocycles. The number of quaternary nitrogens is 1. The molecule has 8 heteroatoms. The second-order valence-electron chi connectivity index (χ2n) is 18.4. The van der Waals surface area contributed by atoms with Gasteiger partial charge in [-0.3, -0.25) is 9.59 Å². The van der Waals surface area contributed by atoms with Gasteiger partial charge in [0, 0.05) is 19.3 Å². The Bertz CT molecular complexity index is 1400. The first-order valence-corrected chi connectivity index (χ1v) is 26.3. The number of rotatable bonds is 46. The molecule has 0 saturated heterocycles. The highest BCUT2D eigenvalue weighted by Crippen LogP contribution is 2.14. The third-order valence-corrected chi connectivity index (χ3v) is 11.2. The molecule has 0 bridgehead atoms. The topological polar surface area (TPSA) is 99.1 Å². The summed E-state index contributed by atoms with van der Waals surface area (Å²) in [6.07, 6.45) is 64.5. The smallest absolute Gasteiger partial charge is 0.362 e. The number of carboxylic acid groups (broad SMARTS) is 1. The van der Waals surface area contributed by atoms with E-state index in [0.717, 1.165) is 77.0 Å². The minimum atomic E-state index is -0.884.